The van der Waals surface area contributed by atoms with Crippen LogP contribution in [0.2, 0.25) is 0 Å². The van der Waals surface area contributed by atoms with Crippen molar-refractivity contribution < 1.29 is 33.9 Å². The molecule has 0 aromatic heterocycles. The van der Waals surface area contributed by atoms with E-state index in [-0.39, 0.29) is 48.4 Å². The zero-order chi connectivity index (χ0) is 0. The van der Waals surface area contributed by atoms with Crippen LogP contribution in [0.1, 0.15) is 0 Å². The molecule has 0 aliphatic rings. The fraction of sp³-hybridized carbons (Fsp3) is 0. The minimum atomic E-state index is 0. The van der Waals surface area contributed by atoms with E-state index in [1.807, 2.05) is 0 Å². The van der Waals surface area contributed by atoms with Crippen molar-refractivity contribution in [3.8, 4) is 0 Å². The van der Waals surface area contributed by atoms with E-state index in [1.165, 1.54) is 0 Å². The molecule has 6 radical (unpaired) electrons. The number of hydrogen-bond donors (Lipinski definition) is 0. The third-order valence-electron chi connectivity index (χ3n) is 0. The maximum Gasteiger partial charge on any atom is 0 e. The van der Waals surface area contributed by atoms with Crippen LogP contribution in [0.3, 0.4) is 0 Å². The molecule has 0 saturated carbocycles. The van der Waals surface area contributed by atoms with Crippen LogP contribution in [0.15, 0.2) is 0 Å². The average molecular weight is 136 g/mol. The van der Waals surface area contributed by atoms with Crippen molar-refractivity contribution in [3.05, 3.63) is 0 Å². The summed E-state index contributed by atoms with van der Waals surface area (Å²) in [5.41, 5.74) is 0. The molecule has 4 heteroatoms. The van der Waals surface area contributed by atoms with Gasteiger partial charge in [-0.15, -0.1) is 0 Å². The second kappa shape index (κ2) is 34.1. The molecular formula is BCrNNi. The molecule has 24 valence electrons. The van der Waals surface area contributed by atoms with E-state index in [4.69, 9.17) is 0 Å². The molecule has 0 aromatic carbocycles. The second-order valence-electron chi connectivity index (χ2n) is 0. The molecule has 0 unspecified atom stereocenters. The zero-order valence-electron chi connectivity index (χ0n) is 1.75. The molecule has 0 fully saturated rings. The van der Waals surface area contributed by atoms with Gasteiger partial charge >= 0.3 is 0 Å². The van der Waals surface area contributed by atoms with Gasteiger partial charge in [-0.05, 0) is 0 Å². The standard InChI is InChI=1S/B.Cr.N.Ni. The summed E-state index contributed by atoms with van der Waals surface area (Å²) in [4.78, 5) is 0. The van der Waals surface area contributed by atoms with Crippen LogP contribution in [-0.2, 0) is 33.9 Å². The summed E-state index contributed by atoms with van der Waals surface area (Å²) in [6, 6.07) is 0. The van der Waals surface area contributed by atoms with E-state index in [0.717, 1.165) is 0 Å². The Bertz CT molecular complexity index is 8.00. The summed E-state index contributed by atoms with van der Waals surface area (Å²) in [6.07, 6.45) is 0. The average Bonchev–Trinajstić information content (AvgIpc) is 0. The fourth-order valence-corrected chi connectivity index (χ4v) is 0. The number of nitrogens with zero attached hydrogens (tertiary/aromatic N) is 1. The molecule has 0 saturated heterocycles. The van der Waals surface area contributed by atoms with Crippen LogP contribution in [-0.4, -0.2) is 8.41 Å². The maximum absolute atomic E-state index is 0. The van der Waals surface area contributed by atoms with Gasteiger partial charge in [0.2, 0.25) is 0 Å². The van der Waals surface area contributed by atoms with Gasteiger partial charge in [0, 0.05) is 48.4 Å². The monoisotopic (exact) mass is 135 g/mol. The van der Waals surface area contributed by atoms with Crippen LogP contribution in [0, 0.1) is 0 Å². The molecule has 0 aromatic rings. The van der Waals surface area contributed by atoms with E-state index >= 15 is 0 Å². The smallest absolute Gasteiger partial charge is 0 e. The predicted octanol–water partition coefficient (Wildman–Crippen LogP) is -0.866. The van der Waals surface area contributed by atoms with Crippen molar-refractivity contribution in [2.75, 3.05) is 0 Å². The molecule has 0 bridgehead atoms. The number of hydrogen-bond acceptors (Lipinski definition) is 0. The Morgan fingerprint density at radius 1 is 1.00 bits per heavy atom. The summed E-state index contributed by atoms with van der Waals surface area (Å²) in [5, 5.41) is 0. The Labute approximate surface area is 48.7 Å². The summed E-state index contributed by atoms with van der Waals surface area (Å²) < 4.78 is 0. The summed E-state index contributed by atoms with van der Waals surface area (Å²) in [6.45, 7) is 0. The van der Waals surface area contributed by atoms with E-state index in [0.29, 0.717) is 0 Å². The van der Waals surface area contributed by atoms with Gasteiger partial charge in [-0.25, -0.2) is 0 Å². The Morgan fingerprint density at radius 3 is 1.00 bits per heavy atom. The molecule has 0 atom stereocenters. The quantitative estimate of drug-likeness (QED) is 0.387. The predicted molar refractivity (Wildman–Crippen MR) is 7.89 cm³/mol. The van der Waals surface area contributed by atoms with E-state index in [1.54, 1.807) is 0 Å². The summed E-state index contributed by atoms with van der Waals surface area (Å²) >= 11 is 0. The van der Waals surface area contributed by atoms with Gasteiger partial charge in [0.15, 0.2) is 0 Å². The van der Waals surface area contributed by atoms with Crippen LogP contribution < -0.4 is 6.15 Å². The third kappa shape index (κ3) is 11.6. The van der Waals surface area contributed by atoms with Gasteiger partial charge in [0.1, 0.15) is 0 Å². The van der Waals surface area contributed by atoms with Crippen LogP contribution in [0.5, 0.6) is 0 Å². The first-order chi connectivity index (χ1) is 0. The molecule has 4 heavy (non-hydrogen) atoms. The van der Waals surface area contributed by atoms with Crippen molar-refractivity contribution in [2.24, 2.45) is 0 Å². The first-order valence-electron chi connectivity index (χ1n) is 0. The normalized spacial score (nSPS) is 0. The molecular weight excluding hydrogens is 136 g/mol. The molecule has 0 aliphatic heterocycles. The topological polar surface area (TPSA) is 30.5 Å². The Hall–Kier alpha value is 1.05. The molecule has 0 amide bonds. The third-order valence-corrected chi connectivity index (χ3v) is 0. The fourth-order valence-electron chi connectivity index (χ4n) is 0. The van der Waals surface area contributed by atoms with Crippen molar-refractivity contribution in [3.63, 3.8) is 0 Å². The summed E-state index contributed by atoms with van der Waals surface area (Å²) in [5.74, 6) is 0. The zero-order valence-corrected chi connectivity index (χ0v) is 4.01. The van der Waals surface area contributed by atoms with Crippen molar-refractivity contribution >= 4 is 8.41 Å². The maximum atomic E-state index is 0. The Kier molecular flexibility index (Phi) is 641. The molecule has 0 N–H and O–H groups in total. The first kappa shape index (κ1) is 75.0. The first-order valence-corrected chi connectivity index (χ1v) is 0. The van der Waals surface area contributed by atoms with Gasteiger partial charge in [-0.3, -0.25) is 0 Å². The SMILES string of the molecule is [B].[Cr].[N].[Ni]. The van der Waals surface area contributed by atoms with Gasteiger partial charge < -0.3 is 0 Å². The molecule has 0 spiro atoms. The van der Waals surface area contributed by atoms with E-state index < -0.39 is 0 Å². The number of rotatable bonds is 0. The Morgan fingerprint density at radius 2 is 1.00 bits per heavy atom. The van der Waals surface area contributed by atoms with Crippen LogP contribution in [0.25, 0.3) is 0 Å². The van der Waals surface area contributed by atoms with Gasteiger partial charge in [-0.1, -0.05) is 0 Å². The van der Waals surface area contributed by atoms with Crippen molar-refractivity contribution in [1.29, 1.82) is 0 Å². The largest absolute Gasteiger partial charge is 0 e. The second-order valence-corrected chi connectivity index (χ2v) is 0. The minimum absolute atomic E-state index is 0. The van der Waals surface area contributed by atoms with Crippen LogP contribution >= 0.6 is 0 Å². The van der Waals surface area contributed by atoms with Crippen molar-refractivity contribution in [2.45, 2.75) is 0 Å². The van der Waals surface area contributed by atoms with E-state index in [2.05, 4.69) is 0 Å². The van der Waals surface area contributed by atoms with E-state index in [9.17, 15) is 0 Å². The minimum Gasteiger partial charge on any atom is 0 e. The van der Waals surface area contributed by atoms with Gasteiger partial charge in [0.25, 0.3) is 0 Å². The van der Waals surface area contributed by atoms with Crippen molar-refractivity contribution in [1.82, 2.24) is 6.15 Å². The van der Waals surface area contributed by atoms with Crippen LogP contribution in [0.4, 0.5) is 0 Å². The molecule has 0 aliphatic carbocycles. The van der Waals surface area contributed by atoms with Gasteiger partial charge in [0.05, 0.1) is 0 Å². The molecule has 0 heterocycles. The Balaban J connectivity index is 0. The summed E-state index contributed by atoms with van der Waals surface area (Å²) in [7, 11) is 0. The molecule has 0 rings (SSSR count). The van der Waals surface area contributed by atoms with Gasteiger partial charge in [-0.2, -0.15) is 0 Å². The molecule has 1 nitrogen and oxygen atoms in total.